The van der Waals surface area contributed by atoms with E-state index in [0.717, 1.165) is 6.42 Å². The molecule has 0 fully saturated rings. The molecule has 0 aliphatic rings. The van der Waals surface area contributed by atoms with Crippen molar-refractivity contribution in [2.45, 2.75) is 19.1 Å². The molecule has 0 aromatic rings. The van der Waals surface area contributed by atoms with E-state index in [2.05, 4.69) is 28.7 Å². The molecule has 0 atom stereocenters. The van der Waals surface area contributed by atoms with Crippen molar-refractivity contribution in [1.29, 1.82) is 0 Å². The average molecular weight is 270 g/mol. The number of hydrogen-bond donors (Lipinski definition) is 0. The molecular weight excluding hydrogens is 255 g/mol. The quantitative estimate of drug-likeness (QED) is 0.242. The van der Waals surface area contributed by atoms with Crippen LogP contribution in [-0.4, -0.2) is 24.9 Å². The summed E-state index contributed by atoms with van der Waals surface area (Å²) in [5, 5.41) is 0. The Balaban J connectivity index is 3.36. The van der Waals surface area contributed by atoms with Gasteiger partial charge in [0.25, 0.3) is 0 Å². The summed E-state index contributed by atoms with van der Waals surface area (Å²) in [6, 6.07) is 0. The number of rotatable bonds is 6. The van der Waals surface area contributed by atoms with Crippen LogP contribution in [0.2, 0.25) is 0 Å². The molecule has 11 heavy (non-hydrogen) atoms. The SMILES string of the molecule is COC(/C=C/CCCI)OC. The second-order valence-electron chi connectivity index (χ2n) is 2.10. The molecule has 0 aliphatic heterocycles. The first kappa shape index (κ1) is 11.4. The topological polar surface area (TPSA) is 18.5 Å². The Morgan fingerprint density at radius 3 is 2.45 bits per heavy atom. The van der Waals surface area contributed by atoms with E-state index < -0.39 is 0 Å². The predicted octanol–water partition coefficient (Wildman–Crippen LogP) is 2.38. The van der Waals surface area contributed by atoms with Crippen LogP contribution in [0.15, 0.2) is 12.2 Å². The highest BCUT2D eigenvalue weighted by Crippen LogP contribution is 1.98. The minimum atomic E-state index is -0.177. The summed E-state index contributed by atoms with van der Waals surface area (Å²) in [6.45, 7) is 0. The van der Waals surface area contributed by atoms with Crippen LogP contribution in [0.25, 0.3) is 0 Å². The monoisotopic (exact) mass is 270 g/mol. The molecule has 0 aliphatic carbocycles. The van der Waals surface area contributed by atoms with Gasteiger partial charge in [-0.05, 0) is 23.3 Å². The maximum absolute atomic E-state index is 4.97. The summed E-state index contributed by atoms with van der Waals surface area (Å²) >= 11 is 2.37. The number of unbranched alkanes of at least 4 members (excludes halogenated alkanes) is 1. The molecule has 66 valence electrons. The van der Waals surface area contributed by atoms with E-state index in [0.29, 0.717) is 0 Å². The van der Waals surface area contributed by atoms with Crippen LogP contribution in [0.1, 0.15) is 12.8 Å². The lowest BCUT2D eigenvalue weighted by atomic mass is 10.3. The van der Waals surface area contributed by atoms with E-state index in [1.165, 1.54) is 10.8 Å². The first-order valence-corrected chi connectivity index (χ1v) is 5.16. The van der Waals surface area contributed by atoms with E-state index in [4.69, 9.17) is 9.47 Å². The molecule has 0 aromatic heterocycles. The molecule has 0 N–H and O–H groups in total. The molecule has 0 bridgehead atoms. The normalized spacial score (nSPS) is 11.6. The zero-order valence-corrected chi connectivity index (χ0v) is 9.21. The number of allylic oxidation sites excluding steroid dienone is 1. The van der Waals surface area contributed by atoms with Crippen LogP contribution >= 0.6 is 22.6 Å². The molecule has 2 nitrogen and oxygen atoms in total. The number of halogens is 1. The third kappa shape index (κ3) is 6.77. The summed E-state index contributed by atoms with van der Waals surface area (Å²) in [4.78, 5) is 0. The lowest BCUT2D eigenvalue weighted by Gasteiger charge is -2.06. The first-order valence-electron chi connectivity index (χ1n) is 3.63. The van der Waals surface area contributed by atoms with Crippen molar-refractivity contribution in [2.24, 2.45) is 0 Å². The fraction of sp³-hybridized carbons (Fsp3) is 0.750. The molecule has 0 aromatic carbocycles. The molecule has 0 saturated heterocycles. The maximum Gasteiger partial charge on any atom is 0.176 e. The van der Waals surface area contributed by atoms with Gasteiger partial charge in [0.2, 0.25) is 0 Å². The minimum absolute atomic E-state index is 0.177. The van der Waals surface area contributed by atoms with Crippen LogP contribution < -0.4 is 0 Å². The van der Waals surface area contributed by atoms with E-state index in [9.17, 15) is 0 Å². The van der Waals surface area contributed by atoms with Crippen LogP contribution in [0, 0.1) is 0 Å². The van der Waals surface area contributed by atoms with Gasteiger partial charge < -0.3 is 9.47 Å². The standard InChI is InChI=1S/C8H15IO2/c1-10-8(11-2)6-4-3-5-7-9/h4,6,8H,3,5,7H2,1-2H3/b6-4+. The Hall–Kier alpha value is 0.390. The van der Waals surface area contributed by atoms with Crippen molar-refractivity contribution in [2.75, 3.05) is 18.6 Å². The van der Waals surface area contributed by atoms with Gasteiger partial charge in [0, 0.05) is 14.2 Å². The Labute approximate surface area is 82.1 Å². The highest BCUT2D eigenvalue weighted by Gasteiger charge is 1.95. The predicted molar refractivity (Wildman–Crippen MR) is 55.1 cm³/mol. The van der Waals surface area contributed by atoms with E-state index in [1.54, 1.807) is 14.2 Å². The molecule has 0 rings (SSSR count). The Bertz CT molecular complexity index is 100. The van der Waals surface area contributed by atoms with Gasteiger partial charge in [0.1, 0.15) is 0 Å². The second-order valence-corrected chi connectivity index (χ2v) is 3.18. The highest BCUT2D eigenvalue weighted by molar-refractivity contribution is 14.1. The Morgan fingerprint density at radius 1 is 1.36 bits per heavy atom. The van der Waals surface area contributed by atoms with Crippen molar-refractivity contribution in [3.8, 4) is 0 Å². The molecule has 0 heterocycles. The summed E-state index contributed by atoms with van der Waals surface area (Å²) < 4.78 is 11.1. The summed E-state index contributed by atoms with van der Waals surface area (Å²) in [6.07, 6.45) is 6.18. The smallest absolute Gasteiger partial charge is 0.176 e. The van der Waals surface area contributed by atoms with Gasteiger partial charge in [0.05, 0.1) is 0 Å². The van der Waals surface area contributed by atoms with Gasteiger partial charge in [-0.15, -0.1) is 0 Å². The zero-order chi connectivity index (χ0) is 8.53. The third-order valence-corrected chi connectivity index (χ3v) is 2.03. The zero-order valence-electron chi connectivity index (χ0n) is 7.05. The van der Waals surface area contributed by atoms with Gasteiger partial charge in [-0.2, -0.15) is 0 Å². The Morgan fingerprint density at radius 2 is 2.00 bits per heavy atom. The van der Waals surface area contributed by atoms with Crippen LogP contribution in [-0.2, 0) is 9.47 Å². The first-order chi connectivity index (χ1) is 5.35. The van der Waals surface area contributed by atoms with Crippen LogP contribution in [0.5, 0.6) is 0 Å². The fourth-order valence-electron chi connectivity index (χ4n) is 0.656. The van der Waals surface area contributed by atoms with E-state index >= 15 is 0 Å². The third-order valence-electron chi connectivity index (χ3n) is 1.26. The van der Waals surface area contributed by atoms with Gasteiger partial charge in [-0.3, -0.25) is 0 Å². The molecule has 0 saturated carbocycles. The molecule has 0 amide bonds. The summed E-state index contributed by atoms with van der Waals surface area (Å²) in [5.74, 6) is 0. The van der Waals surface area contributed by atoms with Crippen molar-refractivity contribution in [1.82, 2.24) is 0 Å². The van der Waals surface area contributed by atoms with Gasteiger partial charge >= 0.3 is 0 Å². The lowest BCUT2D eigenvalue weighted by molar-refractivity contribution is -0.0667. The van der Waals surface area contributed by atoms with Gasteiger partial charge in [-0.1, -0.05) is 28.7 Å². The van der Waals surface area contributed by atoms with Crippen molar-refractivity contribution >= 4 is 22.6 Å². The maximum atomic E-state index is 4.97. The van der Waals surface area contributed by atoms with Gasteiger partial charge in [0.15, 0.2) is 6.29 Å². The number of alkyl halides is 1. The largest absolute Gasteiger partial charge is 0.352 e. The second kappa shape index (κ2) is 8.49. The Kier molecular flexibility index (Phi) is 8.79. The van der Waals surface area contributed by atoms with E-state index in [1.807, 2.05) is 6.08 Å². The summed E-state index contributed by atoms with van der Waals surface area (Å²) in [5.41, 5.74) is 0. The average Bonchev–Trinajstić information content (AvgIpc) is 2.05. The highest BCUT2D eigenvalue weighted by atomic mass is 127. The molecular formula is C8H15IO2. The lowest BCUT2D eigenvalue weighted by Crippen LogP contribution is -2.08. The van der Waals surface area contributed by atoms with Crippen LogP contribution in [0.3, 0.4) is 0 Å². The molecule has 3 heteroatoms. The fourth-order valence-corrected chi connectivity index (χ4v) is 1.10. The van der Waals surface area contributed by atoms with Gasteiger partial charge in [-0.25, -0.2) is 0 Å². The molecule has 0 radical (unpaired) electrons. The number of hydrogen-bond acceptors (Lipinski definition) is 2. The summed E-state index contributed by atoms with van der Waals surface area (Å²) in [7, 11) is 3.27. The minimum Gasteiger partial charge on any atom is -0.352 e. The van der Waals surface area contributed by atoms with Crippen molar-refractivity contribution < 1.29 is 9.47 Å². The van der Waals surface area contributed by atoms with Crippen LogP contribution in [0.4, 0.5) is 0 Å². The number of methoxy groups -OCH3 is 2. The molecule has 0 unspecified atom stereocenters. The molecule has 0 spiro atoms. The number of ether oxygens (including phenoxy) is 2. The van der Waals surface area contributed by atoms with Crippen molar-refractivity contribution in [3.05, 3.63) is 12.2 Å². The van der Waals surface area contributed by atoms with Crippen molar-refractivity contribution in [3.63, 3.8) is 0 Å². The van der Waals surface area contributed by atoms with E-state index in [-0.39, 0.29) is 6.29 Å².